The maximum atomic E-state index is 11.7. The van der Waals surface area contributed by atoms with E-state index in [9.17, 15) is 18.0 Å². The molecule has 1 aromatic heterocycles. The van der Waals surface area contributed by atoms with E-state index in [1.165, 1.54) is 18.2 Å². The number of nitrogens with zero attached hydrogens (tertiary/aromatic N) is 1. The number of aromatic nitrogens is 2. The molecule has 0 aliphatic rings. The molecule has 0 unspecified atom stereocenters. The topological polar surface area (TPSA) is 104 Å². The molecule has 10 heteroatoms. The average molecular weight is 576 g/mol. The van der Waals surface area contributed by atoms with Gasteiger partial charge in [-0.15, -0.1) is 0 Å². The zero-order chi connectivity index (χ0) is 30.3. The summed E-state index contributed by atoms with van der Waals surface area (Å²) in [5.41, 5.74) is 9.42. The van der Waals surface area contributed by atoms with Gasteiger partial charge in [-0.05, 0) is 59.0 Å². The van der Waals surface area contributed by atoms with Crippen molar-refractivity contribution in [1.82, 2.24) is 15.3 Å². The zero-order valence-corrected chi connectivity index (χ0v) is 22.8. The van der Waals surface area contributed by atoms with Crippen molar-refractivity contribution in [2.24, 2.45) is 0 Å². The van der Waals surface area contributed by atoms with Crippen LogP contribution in [0.4, 0.5) is 13.2 Å². The summed E-state index contributed by atoms with van der Waals surface area (Å²) in [5, 5.41) is 10.6. The van der Waals surface area contributed by atoms with Crippen LogP contribution in [0.25, 0.3) is 33.5 Å². The Morgan fingerprint density at radius 3 is 2.17 bits per heavy atom. The van der Waals surface area contributed by atoms with Crippen molar-refractivity contribution in [3.05, 3.63) is 113 Å². The van der Waals surface area contributed by atoms with Crippen molar-refractivity contribution in [2.75, 3.05) is 7.11 Å². The minimum absolute atomic E-state index is 0.318. The van der Waals surface area contributed by atoms with Gasteiger partial charge in [0.05, 0.1) is 23.7 Å². The zero-order valence-electron chi connectivity index (χ0n) is 22.8. The number of rotatable bonds is 7. The lowest BCUT2D eigenvalue weighted by atomic mass is 10.0. The standard InChI is InChI=1S/C30H27N3O2.C2HF3O2/c1-20-6-3-11-27-28(20)33-29(32-27)25-9-5-8-24(17-25)23-14-12-21(13-15-23)18-31-19-22-7-4-10-26(16-22)30(34)35-2;3-2(4,5)1(6)7/h3-17,31H,18-19H2,1-2H3,(H,32,33);(H,6,7). The SMILES string of the molecule is COC(=O)c1cccc(CNCc2ccc(-c3cccc(-c4nc5c(C)cccc5[nH]4)c3)cc2)c1.O=C(O)C(F)(F)F. The van der Waals surface area contributed by atoms with Crippen LogP contribution in [0.15, 0.2) is 91.0 Å². The molecule has 7 nitrogen and oxygen atoms in total. The minimum Gasteiger partial charge on any atom is -0.475 e. The molecule has 0 saturated heterocycles. The number of benzene rings is 4. The molecular formula is C32H28F3N3O4. The Bertz CT molecular complexity index is 1700. The number of carboxylic acids is 1. The van der Waals surface area contributed by atoms with E-state index in [-0.39, 0.29) is 5.97 Å². The average Bonchev–Trinajstić information content (AvgIpc) is 3.43. The predicted octanol–water partition coefficient (Wildman–Crippen LogP) is 6.92. The smallest absolute Gasteiger partial charge is 0.475 e. The Kier molecular flexibility index (Phi) is 9.39. The number of methoxy groups -OCH3 is 1. The molecule has 0 saturated carbocycles. The van der Waals surface area contributed by atoms with Crippen LogP contribution in [0, 0.1) is 6.92 Å². The molecule has 42 heavy (non-hydrogen) atoms. The lowest BCUT2D eigenvalue weighted by Gasteiger charge is -2.08. The van der Waals surface area contributed by atoms with Crippen molar-refractivity contribution >= 4 is 23.0 Å². The van der Waals surface area contributed by atoms with Crippen LogP contribution >= 0.6 is 0 Å². The molecule has 0 amide bonds. The number of fused-ring (bicyclic) bond motifs is 1. The number of halogens is 3. The van der Waals surface area contributed by atoms with E-state index in [1.54, 1.807) is 6.07 Å². The van der Waals surface area contributed by atoms with Gasteiger partial charge in [-0.25, -0.2) is 14.6 Å². The third kappa shape index (κ3) is 7.61. The summed E-state index contributed by atoms with van der Waals surface area (Å²) >= 11 is 0. The Hall–Kier alpha value is -4.96. The molecule has 0 aliphatic heterocycles. The molecule has 0 atom stereocenters. The van der Waals surface area contributed by atoms with Gasteiger partial charge in [0.15, 0.2) is 0 Å². The van der Waals surface area contributed by atoms with Gasteiger partial charge in [0, 0.05) is 18.7 Å². The predicted molar refractivity (Wildman–Crippen MR) is 154 cm³/mol. The molecule has 5 aromatic rings. The van der Waals surface area contributed by atoms with Crippen molar-refractivity contribution in [1.29, 1.82) is 0 Å². The monoisotopic (exact) mass is 575 g/mol. The Labute approximate surface area is 240 Å². The van der Waals surface area contributed by atoms with Gasteiger partial charge >= 0.3 is 18.1 Å². The van der Waals surface area contributed by atoms with Crippen LogP contribution in [-0.2, 0) is 22.6 Å². The van der Waals surface area contributed by atoms with Gasteiger partial charge in [0.1, 0.15) is 5.82 Å². The maximum absolute atomic E-state index is 11.7. The van der Waals surface area contributed by atoms with Gasteiger partial charge in [0.2, 0.25) is 0 Å². The number of nitrogens with one attached hydrogen (secondary N) is 2. The van der Waals surface area contributed by atoms with Crippen molar-refractivity contribution in [3.8, 4) is 22.5 Å². The fourth-order valence-corrected chi connectivity index (χ4v) is 4.25. The number of esters is 1. The lowest BCUT2D eigenvalue weighted by Crippen LogP contribution is -2.21. The molecule has 216 valence electrons. The first-order valence-electron chi connectivity index (χ1n) is 12.9. The van der Waals surface area contributed by atoms with Crippen LogP contribution in [0.5, 0.6) is 0 Å². The van der Waals surface area contributed by atoms with E-state index < -0.39 is 12.1 Å². The normalized spacial score (nSPS) is 11.1. The highest BCUT2D eigenvalue weighted by molar-refractivity contribution is 5.89. The third-order valence-electron chi connectivity index (χ3n) is 6.39. The summed E-state index contributed by atoms with van der Waals surface area (Å²) in [6.45, 7) is 3.49. The van der Waals surface area contributed by atoms with Gasteiger partial charge in [-0.2, -0.15) is 13.2 Å². The summed E-state index contributed by atoms with van der Waals surface area (Å²) in [7, 11) is 1.40. The van der Waals surface area contributed by atoms with Crippen LogP contribution in [0.1, 0.15) is 27.0 Å². The van der Waals surface area contributed by atoms with Gasteiger partial charge < -0.3 is 20.1 Å². The second-order valence-corrected chi connectivity index (χ2v) is 9.43. The summed E-state index contributed by atoms with van der Waals surface area (Å²) in [6.07, 6.45) is -5.08. The molecule has 0 bridgehead atoms. The quantitative estimate of drug-likeness (QED) is 0.182. The molecule has 3 N–H and O–H groups in total. The number of H-pyrrole nitrogens is 1. The highest BCUT2D eigenvalue weighted by atomic mass is 19.4. The van der Waals surface area contributed by atoms with Gasteiger partial charge in [0.25, 0.3) is 0 Å². The number of aryl methyl sites for hydroxylation is 1. The molecule has 0 fully saturated rings. The van der Waals surface area contributed by atoms with E-state index in [4.69, 9.17) is 19.6 Å². The van der Waals surface area contributed by atoms with E-state index in [2.05, 4.69) is 77.9 Å². The van der Waals surface area contributed by atoms with E-state index in [0.717, 1.165) is 45.7 Å². The van der Waals surface area contributed by atoms with Crippen molar-refractivity contribution in [3.63, 3.8) is 0 Å². The van der Waals surface area contributed by atoms with E-state index >= 15 is 0 Å². The summed E-state index contributed by atoms with van der Waals surface area (Å²) < 4.78 is 36.5. The van der Waals surface area contributed by atoms with Crippen LogP contribution < -0.4 is 5.32 Å². The number of hydrogen-bond donors (Lipinski definition) is 3. The first-order valence-corrected chi connectivity index (χ1v) is 12.9. The number of ether oxygens (including phenoxy) is 1. The number of hydrogen-bond acceptors (Lipinski definition) is 5. The molecule has 1 heterocycles. The lowest BCUT2D eigenvalue weighted by molar-refractivity contribution is -0.192. The fraction of sp³-hybridized carbons (Fsp3) is 0.156. The summed E-state index contributed by atoms with van der Waals surface area (Å²) in [5.74, 6) is -2.19. The van der Waals surface area contributed by atoms with Gasteiger partial charge in [-0.1, -0.05) is 66.7 Å². The number of aliphatic carboxylic acids is 1. The Morgan fingerprint density at radius 1 is 0.857 bits per heavy atom. The van der Waals surface area contributed by atoms with E-state index in [0.29, 0.717) is 12.1 Å². The molecule has 0 radical (unpaired) electrons. The number of carbonyl (C=O) groups is 2. The summed E-state index contributed by atoms with van der Waals surface area (Å²) in [6, 6.07) is 30.7. The number of carbonyl (C=O) groups excluding carboxylic acids is 1. The third-order valence-corrected chi connectivity index (χ3v) is 6.39. The molecule has 5 rings (SSSR count). The number of carboxylic acid groups (broad SMARTS) is 1. The van der Waals surface area contributed by atoms with Crippen molar-refractivity contribution < 1.29 is 32.6 Å². The second-order valence-electron chi connectivity index (χ2n) is 9.43. The van der Waals surface area contributed by atoms with Gasteiger partial charge in [-0.3, -0.25) is 0 Å². The fourth-order valence-electron chi connectivity index (χ4n) is 4.25. The summed E-state index contributed by atoms with van der Waals surface area (Å²) in [4.78, 5) is 28.9. The molecule has 0 spiro atoms. The molecular weight excluding hydrogens is 547 g/mol. The number of alkyl halides is 3. The Morgan fingerprint density at radius 2 is 1.50 bits per heavy atom. The number of aromatic amines is 1. The molecule has 0 aliphatic carbocycles. The highest BCUT2D eigenvalue weighted by Gasteiger charge is 2.38. The first-order chi connectivity index (χ1) is 20.0. The van der Waals surface area contributed by atoms with E-state index in [1.807, 2.05) is 24.3 Å². The molecule has 4 aromatic carbocycles. The highest BCUT2D eigenvalue weighted by Crippen LogP contribution is 2.27. The number of imidazole rings is 1. The maximum Gasteiger partial charge on any atom is 0.490 e. The van der Waals surface area contributed by atoms with Crippen LogP contribution in [-0.4, -0.2) is 40.3 Å². The van der Waals surface area contributed by atoms with Crippen LogP contribution in [0.3, 0.4) is 0 Å². The first kappa shape index (κ1) is 30.0. The largest absolute Gasteiger partial charge is 0.490 e. The number of para-hydroxylation sites is 1. The van der Waals surface area contributed by atoms with Crippen molar-refractivity contribution in [2.45, 2.75) is 26.2 Å². The Balaban J connectivity index is 0.000000517. The second kappa shape index (κ2) is 13.1. The minimum atomic E-state index is -5.08. The van der Waals surface area contributed by atoms with Crippen LogP contribution in [0.2, 0.25) is 0 Å².